The molecular weight excluding hydrogens is 455 g/mol. The van der Waals surface area contributed by atoms with E-state index >= 15 is 0 Å². The van der Waals surface area contributed by atoms with E-state index in [1.54, 1.807) is 13.0 Å². The van der Waals surface area contributed by atoms with Gasteiger partial charge in [-0.05, 0) is 25.7 Å². The molecule has 0 bridgehead atoms. The van der Waals surface area contributed by atoms with Crippen molar-refractivity contribution in [2.24, 2.45) is 17.8 Å². The number of ether oxygens (including phenoxy) is 1. The van der Waals surface area contributed by atoms with E-state index in [4.69, 9.17) is 27.9 Å². The van der Waals surface area contributed by atoms with E-state index in [1.165, 1.54) is 20.0 Å². The molecule has 1 aliphatic heterocycles. The van der Waals surface area contributed by atoms with Crippen LogP contribution in [0.5, 0.6) is 0 Å². The first-order valence-corrected chi connectivity index (χ1v) is 11.4. The highest BCUT2D eigenvalue weighted by Gasteiger charge is 2.57. The van der Waals surface area contributed by atoms with E-state index in [2.05, 4.69) is 30.5 Å². The van der Waals surface area contributed by atoms with Crippen LogP contribution in [0.4, 0.5) is 11.8 Å². The van der Waals surface area contributed by atoms with Crippen LogP contribution in [0.25, 0.3) is 0 Å². The van der Waals surface area contributed by atoms with Crippen LogP contribution < -0.4 is 15.5 Å². The number of esters is 1. The molecule has 3 aliphatic rings. The van der Waals surface area contributed by atoms with E-state index < -0.39 is 5.97 Å². The Hall–Kier alpha value is -2.52. The maximum atomic E-state index is 12.6. The number of carbonyl (C=O) groups excluding carboxylic acids is 2. The third-order valence-corrected chi connectivity index (χ3v) is 7.40. The number of fused-ring (bicyclic) bond motifs is 1. The third kappa shape index (κ3) is 3.99. The molecule has 9 nitrogen and oxygen atoms in total. The van der Waals surface area contributed by atoms with Crippen molar-refractivity contribution >= 4 is 46.8 Å². The Morgan fingerprint density at radius 3 is 2.53 bits per heavy atom. The second-order valence-corrected chi connectivity index (χ2v) is 9.49. The average molecular weight is 479 g/mol. The predicted molar refractivity (Wildman–Crippen MR) is 121 cm³/mol. The van der Waals surface area contributed by atoms with Crippen molar-refractivity contribution in [3.63, 3.8) is 0 Å². The summed E-state index contributed by atoms with van der Waals surface area (Å²) in [6.07, 6.45) is 2.41. The van der Waals surface area contributed by atoms with Crippen molar-refractivity contribution in [2.45, 2.75) is 25.8 Å². The van der Waals surface area contributed by atoms with Gasteiger partial charge in [-0.3, -0.25) is 4.79 Å². The van der Waals surface area contributed by atoms with Gasteiger partial charge in [0, 0.05) is 49.3 Å². The van der Waals surface area contributed by atoms with Gasteiger partial charge >= 0.3 is 5.97 Å². The zero-order valence-corrected chi connectivity index (χ0v) is 19.3. The molecule has 3 fully saturated rings. The van der Waals surface area contributed by atoms with Crippen LogP contribution in [-0.2, 0) is 4.74 Å². The Balaban J connectivity index is 1.24. The Kier molecular flexibility index (Phi) is 5.41. The van der Waals surface area contributed by atoms with Gasteiger partial charge in [-0.25, -0.2) is 9.78 Å². The summed E-state index contributed by atoms with van der Waals surface area (Å²) < 4.78 is 4.85. The van der Waals surface area contributed by atoms with E-state index in [1.807, 2.05) is 0 Å². The standard InChI is InChI=1S/C21H24Cl2N6O3/c1-9-15(22)16(23)18(25-9)19(30)28-17-11-7-29(8-12(11)17)14-5-13(20(31)32-2)26-21(27-14)24-6-10-3-4-10/h5,10-12,17,25H,3-4,6-8H2,1-2H3,(H,28,30)(H,24,26,27)/t11-,12+,17?. The lowest BCUT2D eigenvalue weighted by Crippen LogP contribution is -2.35. The topological polar surface area (TPSA) is 112 Å². The molecule has 2 aromatic rings. The number of carbonyl (C=O) groups is 2. The van der Waals surface area contributed by atoms with Gasteiger partial charge in [0.05, 0.1) is 17.2 Å². The molecule has 3 atom stereocenters. The molecule has 2 aliphatic carbocycles. The zero-order valence-electron chi connectivity index (χ0n) is 17.7. The quantitative estimate of drug-likeness (QED) is 0.524. The molecule has 11 heteroatoms. The minimum Gasteiger partial charge on any atom is -0.464 e. The highest BCUT2D eigenvalue weighted by atomic mass is 35.5. The zero-order chi connectivity index (χ0) is 22.6. The van der Waals surface area contributed by atoms with Crippen LogP contribution in [0.2, 0.25) is 10.0 Å². The van der Waals surface area contributed by atoms with Crippen LogP contribution in [0.3, 0.4) is 0 Å². The number of H-pyrrole nitrogens is 1. The van der Waals surface area contributed by atoms with Crippen LogP contribution in [0.15, 0.2) is 6.07 Å². The van der Waals surface area contributed by atoms with Gasteiger partial charge in [0.1, 0.15) is 11.5 Å². The number of piperidine rings is 1. The van der Waals surface area contributed by atoms with Gasteiger partial charge in [-0.1, -0.05) is 23.2 Å². The maximum absolute atomic E-state index is 12.6. The first-order valence-electron chi connectivity index (χ1n) is 10.7. The molecule has 3 N–H and O–H groups in total. The van der Waals surface area contributed by atoms with Gasteiger partial charge in [0.25, 0.3) is 5.91 Å². The summed E-state index contributed by atoms with van der Waals surface area (Å²) >= 11 is 12.2. The number of nitrogens with zero attached hydrogens (tertiary/aromatic N) is 3. The summed E-state index contributed by atoms with van der Waals surface area (Å²) in [5, 5.41) is 6.91. The Morgan fingerprint density at radius 1 is 1.22 bits per heavy atom. The molecule has 0 spiro atoms. The Labute approximate surface area is 195 Å². The molecule has 5 rings (SSSR count). The monoisotopic (exact) mass is 478 g/mol. The molecule has 32 heavy (non-hydrogen) atoms. The summed E-state index contributed by atoms with van der Waals surface area (Å²) in [6, 6.07) is 1.74. The number of aromatic amines is 1. The highest BCUT2D eigenvalue weighted by molar-refractivity contribution is 6.44. The minimum atomic E-state index is -0.491. The lowest BCUT2D eigenvalue weighted by atomic mass is 10.3. The Morgan fingerprint density at radius 2 is 1.94 bits per heavy atom. The van der Waals surface area contributed by atoms with E-state index in [0.29, 0.717) is 45.9 Å². The minimum absolute atomic E-state index is 0.0755. The summed E-state index contributed by atoms with van der Waals surface area (Å²) in [4.78, 5) is 38.7. The molecule has 2 aromatic heterocycles. The van der Waals surface area contributed by atoms with Crippen molar-refractivity contribution in [1.29, 1.82) is 0 Å². The van der Waals surface area contributed by atoms with E-state index in [0.717, 1.165) is 19.6 Å². The number of anilines is 2. The van der Waals surface area contributed by atoms with Crippen molar-refractivity contribution in [2.75, 3.05) is 37.0 Å². The Bertz CT molecular complexity index is 1070. The second kappa shape index (κ2) is 8.12. The van der Waals surface area contributed by atoms with Crippen molar-refractivity contribution < 1.29 is 14.3 Å². The fourth-order valence-electron chi connectivity index (χ4n) is 4.32. The lowest BCUT2D eigenvalue weighted by Gasteiger charge is -2.22. The van der Waals surface area contributed by atoms with E-state index in [9.17, 15) is 9.59 Å². The number of amides is 1. The van der Waals surface area contributed by atoms with Crippen LogP contribution in [0.1, 0.15) is 39.5 Å². The van der Waals surface area contributed by atoms with Crippen molar-refractivity contribution in [3.8, 4) is 0 Å². The molecule has 0 radical (unpaired) electrons. The lowest BCUT2D eigenvalue weighted by molar-refractivity contribution is 0.0594. The maximum Gasteiger partial charge on any atom is 0.356 e. The van der Waals surface area contributed by atoms with Gasteiger partial charge in [0.2, 0.25) is 5.95 Å². The largest absolute Gasteiger partial charge is 0.464 e. The number of nitrogens with one attached hydrogen (secondary N) is 3. The molecule has 1 saturated heterocycles. The number of hydrogen-bond donors (Lipinski definition) is 3. The van der Waals surface area contributed by atoms with E-state index in [-0.39, 0.29) is 22.7 Å². The van der Waals surface area contributed by atoms with Gasteiger partial charge in [0.15, 0.2) is 5.69 Å². The first kappa shape index (κ1) is 21.3. The summed E-state index contributed by atoms with van der Waals surface area (Å²) in [5.41, 5.74) is 1.19. The fourth-order valence-corrected chi connectivity index (χ4v) is 4.74. The number of hydrogen-bond acceptors (Lipinski definition) is 7. The van der Waals surface area contributed by atoms with Crippen LogP contribution >= 0.6 is 23.2 Å². The molecule has 3 heterocycles. The number of methoxy groups -OCH3 is 1. The summed E-state index contributed by atoms with van der Waals surface area (Å²) in [6.45, 7) is 4.03. The number of aryl methyl sites for hydroxylation is 1. The molecule has 2 saturated carbocycles. The van der Waals surface area contributed by atoms with Gasteiger partial charge < -0.3 is 25.3 Å². The summed E-state index contributed by atoms with van der Waals surface area (Å²) in [7, 11) is 1.34. The van der Waals surface area contributed by atoms with Crippen molar-refractivity contribution in [3.05, 3.63) is 33.2 Å². The molecule has 1 amide bonds. The number of rotatable bonds is 7. The SMILES string of the molecule is COC(=O)c1cc(N2C[C@@H]3C(NC(=O)c4[nH]c(C)c(Cl)c4Cl)[C@@H]3C2)nc(NCC2CC2)n1. The van der Waals surface area contributed by atoms with Gasteiger partial charge in [-0.2, -0.15) is 4.98 Å². The van der Waals surface area contributed by atoms with Crippen LogP contribution in [-0.4, -0.2) is 59.6 Å². The fraction of sp³-hybridized carbons (Fsp3) is 0.524. The number of aromatic nitrogens is 3. The summed E-state index contributed by atoms with van der Waals surface area (Å²) in [5.74, 6) is 1.65. The number of halogens is 2. The van der Waals surface area contributed by atoms with Crippen LogP contribution in [0, 0.1) is 24.7 Å². The highest BCUT2D eigenvalue weighted by Crippen LogP contribution is 2.47. The third-order valence-electron chi connectivity index (χ3n) is 6.45. The second-order valence-electron chi connectivity index (χ2n) is 8.74. The van der Waals surface area contributed by atoms with Crippen molar-refractivity contribution in [1.82, 2.24) is 20.3 Å². The van der Waals surface area contributed by atoms with Gasteiger partial charge in [-0.15, -0.1) is 0 Å². The molecule has 170 valence electrons. The average Bonchev–Trinajstić information content (AvgIpc) is 3.67. The molecule has 0 aromatic carbocycles. The predicted octanol–water partition coefficient (Wildman–Crippen LogP) is 2.89. The molecular formula is C21H24Cl2N6O3. The normalized spacial score (nSPS) is 23.6. The smallest absolute Gasteiger partial charge is 0.356 e. The first-order chi connectivity index (χ1) is 15.4. The molecule has 1 unspecified atom stereocenters.